The van der Waals surface area contributed by atoms with Crippen molar-refractivity contribution in [3.63, 3.8) is 0 Å². The molecule has 1 aliphatic rings. The van der Waals surface area contributed by atoms with Gasteiger partial charge in [-0.1, -0.05) is 11.6 Å². The highest BCUT2D eigenvalue weighted by atomic mass is 79.9. The van der Waals surface area contributed by atoms with Gasteiger partial charge in [-0.25, -0.2) is 0 Å². The van der Waals surface area contributed by atoms with Gasteiger partial charge in [-0.3, -0.25) is 0 Å². The van der Waals surface area contributed by atoms with Gasteiger partial charge in [0.05, 0.1) is 5.02 Å². The normalized spacial score (nSPS) is 25.4. The lowest BCUT2D eigenvalue weighted by Crippen LogP contribution is -2.32. The van der Waals surface area contributed by atoms with Crippen LogP contribution < -0.4 is 11.1 Å². The summed E-state index contributed by atoms with van der Waals surface area (Å²) < 4.78 is 0.937. The molecule has 0 saturated heterocycles. The molecule has 0 heterocycles. The average molecular weight is 304 g/mol. The monoisotopic (exact) mass is 302 g/mol. The molecule has 0 radical (unpaired) electrons. The SMILES string of the molecule is NC1CCC(Nc2ccc(Cl)c(Br)c2)CC1. The lowest BCUT2D eigenvalue weighted by atomic mass is 9.92. The van der Waals surface area contributed by atoms with E-state index in [9.17, 15) is 0 Å². The molecule has 2 rings (SSSR count). The molecular formula is C12H16BrClN2. The summed E-state index contributed by atoms with van der Waals surface area (Å²) in [4.78, 5) is 0. The highest BCUT2D eigenvalue weighted by molar-refractivity contribution is 9.10. The molecule has 1 aromatic carbocycles. The van der Waals surface area contributed by atoms with Gasteiger partial charge in [0.25, 0.3) is 0 Å². The third-order valence-corrected chi connectivity index (χ3v) is 4.28. The smallest absolute Gasteiger partial charge is 0.0549 e. The van der Waals surface area contributed by atoms with Crippen LogP contribution in [0.1, 0.15) is 25.7 Å². The third-order valence-electron chi connectivity index (χ3n) is 3.06. The van der Waals surface area contributed by atoms with Crippen molar-refractivity contribution in [3.05, 3.63) is 27.7 Å². The topological polar surface area (TPSA) is 38.0 Å². The van der Waals surface area contributed by atoms with Crippen molar-refractivity contribution in [1.29, 1.82) is 0 Å². The molecule has 1 saturated carbocycles. The molecule has 0 amide bonds. The predicted molar refractivity (Wildman–Crippen MR) is 73.0 cm³/mol. The van der Waals surface area contributed by atoms with Crippen LogP contribution in [0.5, 0.6) is 0 Å². The van der Waals surface area contributed by atoms with Gasteiger partial charge in [-0.05, 0) is 59.8 Å². The molecule has 0 unspecified atom stereocenters. The van der Waals surface area contributed by atoms with E-state index in [1.54, 1.807) is 0 Å². The molecule has 3 N–H and O–H groups in total. The van der Waals surface area contributed by atoms with Crippen molar-refractivity contribution in [2.24, 2.45) is 5.73 Å². The van der Waals surface area contributed by atoms with E-state index in [1.807, 2.05) is 18.2 Å². The van der Waals surface area contributed by atoms with Gasteiger partial charge in [-0.2, -0.15) is 0 Å². The Morgan fingerprint density at radius 1 is 1.25 bits per heavy atom. The minimum Gasteiger partial charge on any atom is -0.382 e. The summed E-state index contributed by atoms with van der Waals surface area (Å²) in [5.74, 6) is 0. The second-order valence-electron chi connectivity index (χ2n) is 4.38. The minimum atomic E-state index is 0.398. The van der Waals surface area contributed by atoms with E-state index in [0.717, 1.165) is 40.9 Å². The van der Waals surface area contributed by atoms with Gasteiger partial charge in [0.15, 0.2) is 0 Å². The van der Waals surface area contributed by atoms with Crippen molar-refractivity contribution in [2.45, 2.75) is 37.8 Å². The van der Waals surface area contributed by atoms with Crippen LogP contribution in [-0.4, -0.2) is 12.1 Å². The first kappa shape index (κ1) is 12.2. The Balaban J connectivity index is 1.96. The summed E-state index contributed by atoms with van der Waals surface area (Å²) in [5, 5.41) is 4.27. The Morgan fingerprint density at radius 3 is 2.56 bits per heavy atom. The molecule has 0 aromatic heterocycles. The Hall–Kier alpha value is -0.250. The lowest BCUT2D eigenvalue weighted by molar-refractivity contribution is 0.411. The van der Waals surface area contributed by atoms with Crippen LogP contribution >= 0.6 is 27.5 Å². The largest absolute Gasteiger partial charge is 0.382 e. The maximum Gasteiger partial charge on any atom is 0.0549 e. The van der Waals surface area contributed by atoms with E-state index >= 15 is 0 Å². The van der Waals surface area contributed by atoms with Crippen LogP contribution in [0, 0.1) is 0 Å². The number of anilines is 1. The van der Waals surface area contributed by atoms with Crippen molar-refractivity contribution in [3.8, 4) is 0 Å². The first-order chi connectivity index (χ1) is 7.65. The van der Waals surface area contributed by atoms with Gasteiger partial charge in [0.2, 0.25) is 0 Å². The number of hydrogen-bond acceptors (Lipinski definition) is 2. The van der Waals surface area contributed by atoms with Gasteiger partial charge < -0.3 is 11.1 Å². The molecular weight excluding hydrogens is 288 g/mol. The second kappa shape index (κ2) is 5.39. The summed E-state index contributed by atoms with van der Waals surface area (Å²) in [7, 11) is 0. The van der Waals surface area contributed by atoms with Gasteiger partial charge in [0, 0.05) is 22.2 Å². The van der Waals surface area contributed by atoms with Crippen molar-refractivity contribution < 1.29 is 0 Å². The van der Waals surface area contributed by atoms with E-state index in [2.05, 4.69) is 21.2 Å². The summed E-state index contributed by atoms with van der Waals surface area (Å²) in [5.41, 5.74) is 7.00. The molecule has 0 bridgehead atoms. The quantitative estimate of drug-likeness (QED) is 0.872. The number of rotatable bonds is 2. The summed E-state index contributed by atoms with van der Waals surface area (Å²) in [6, 6.07) is 6.89. The fraction of sp³-hybridized carbons (Fsp3) is 0.500. The van der Waals surface area contributed by atoms with Crippen LogP contribution in [0.3, 0.4) is 0 Å². The van der Waals surface area contributed by atoms with Gasteiger partial charge in [0.1, 0.15) is 0 Å². The van der Waals surface area contributed by atoms with Crippen LogP contribution in [0.2, 0.25) is 5.02 Å². The van der Waals surface area contributed by atoms with E-state index in [0.29, 0.717) is 12.1 Å². The molecule has 16 heavy (non-hydrogen) atoms. The number of benzene rings is 1. The zero-order valence-electron chi connectivity index (χ0n) is 9.05. The Bertz CT molecular complexity index is 362. The highest BCUT2D eigenvalue weighted by Crippen LogP contribution is 2.27. The number of nitrogens with one attached hydrogen (secondary N) is 1. The van der Waals surface area contributed by atoms with E-state index < -0.39 is 0 Å². The molecule has 88 valence electrons. The van der Waals surface area contributed by atoms with E-state index in [1.165, 1.54) is 0 Å². The predicted octanol–water partition coefficient (Wildman–Crippen LogP) is 3.78. The fourth-order valence-corrected chi connectivity index (χ4v) is 2.58. The molecule has 1 aliphatic carbocycles. The fourth-order valence-electron chi connectivity index (χ4n) is 2.09. The van der Waals surface area contributed by atoms with Crippen LogP contribution in [0.4, 0.5) is 5.69 Å². The first-order valence-electron chi connectivity index (χ1n) is 5.62. The Labute approximate surface area is 110 Å². The molecule has 0 spiro atoms. The Kier molecular flexibility index (Phi) is 4.11. The van der Waals surface area contributed by atoms with Crippen molar-refractivity contribution in [1.82, 2.24) is 0 Å². The van der Waals surface area contributed by atoms with E-state index in [-0.39, 0.29) is 0 Å². The molecule has 1 aromatic rings. The van der Waals surface area contributed by atoms with Gasteiger partial charge in [-0.15, -0.1) is 0 Å². The molecule has 0 atom stereocenters. The number of halogens is 2. The zero-order valence-corrected chi connectivity index (χ0v) is 11.4. The standard InChI is InChI=1S/C12H16BrClN2/c13-11-7-10(5-6-12(11)14)16-9-3-1-8(15)2-4-9/h5-9,16H,1-4,15H2. The van der Waals surface area contributed by atoms with Crippen molar-refractivity contribution in [2.75, 3.05) is 5.32 Å². The summed E-state index contributed by atoms with van der Waals surface area (Å²) in [6.45, 7) is 0. The van der Waals surface area contributed by atoms with Gasteiger partial charge >= 0.3 is 0 Å². The van der Waals surface area contributed by atoms with Crippen LogP contribution in [0.25, 0.3) is 0 Å². The molecule has 0 aliphatic heterocycles. The number of hydrogen-bond donors (Lipinski definition) is 2. The highest BCUT2D eigenvalue weighted by Gasteiger charge is 2.18. The van der Waals surface area contributed by atoms with E-state index in [4.69, 9.17) is 17.3 Å². The lowest BCUT2D eigenvalue weighted by Gasteiger charge is -2.27. The van der Waals surface area contributed by atoms with Crippen LogP contribution in [-0.2, 0) is 0 Å². The second-order valence-corrected chi connectivity index (χ2v) is 5.65. The minimum absolute atomic E-state index is 0.398. The average Bonchev–Trinajstić information content (AvgIpc) is 2.27. The molecule has 2 nitrogen and oxygen atoms in total. The first-order valence-corrected chi connectivity index (χ1v) is 6.79. The number of nitrogens with two attached hydrogens (primary N) is 1. The zero-order chi connectivity index (χ0) is 11.5. The third kappa shape index (κ3) is 3.12. The molecule has 4 heteroatoms. The Morgan fingerprint density at radius 2 is 1.94 bits per heavy atom. The van der Waals surface area contributed by atoms with Crippen LogP contribution in [0.15, 0.2) is 22.7 Å². The summed E-state index contributed by atoms with van der Waals surface area (Å²) in [6.07, 6.45) is 4.54. The summed E-state index contributed by atoms with van der Waals surface area (Å²) >= 11 is 9.38. The van der Waals surface area contributed by atoms with Crippen molar-refractivity contribution >= 4 is 33.2 Å². The molecule has 1 fully saturated rings. The maximum atomic E-state index is 5.95. The maximum absolute atomic E-state index is 5.95.